The number of hydrogen-bond acceptors (Lipinski definition) is 5. The van der Waals surface area contributed by atoms with E-state index in [4.69, 9.17) is 15.0 Å². The maximum Gasteiger partial charge on any atom is 0.410 e. The smallest absolute Gasteiger partial charge is 0.410 e. The van der Waals surface area contributed by atoms with E-state index in [2.05, 4.69) is 5.16 Å². The Morgan fingerprint density at radius 3 is 2.84 bits per heavy atom. The fourth-order valence-corrected chi connectivity index (χ4v) is 3.05. The monoisotopic (exact) mass is 343 g/mol. The number of aromatic nitrogens is 1. The average Bonchev–Trinajstić information content (AvgIpc) is 3.03. The predicted octanol–water partition coefficient (Wildman–Crippen LogP) is 4.39. The van der Waals surface area contributed by atoms with Gasteiger partial charge in [-0.1, -0.05) is 17.3 Å². The molecule has 1 saturated heterocycles. The molecular formula is C19H25N3O3. The Morgan fingerprint density at radius 1 is 1.32 bits per heavy atom. The van der Waals surface area contributed by atoms with Crippen LogP contribution >= 0.6 is 0 Å². The van der Waals surface area contributed by atoms with Gasteiger partial charge in [-0.25, -0.2) is 4.79 Å². The third-order valence-electron chi connectivity index (χ3n) is 4.17. The topological polar surface area (TPSA) is 81.6 Å². The first-order chi connectivity index (χ1) is 11.8. The number of ether oxygens (including phenoxy) is 1. The van der Waals surface area contributed by atoms with Crippen molar-refractivity contribution in [3.8, 4) is 11.3 Å². The number of anilines is 1. The zero-order valence-corrected chi connectivity index (χ0v) is 15.0. The first-order valence-corrected chi connectivity index (χ1v) is 8.66. The van der Waals surface area contributed by atoms with Crippen LogP contribution in [-0.2, 0) is 4.74 Å². The minimum absolute atomic E-state index is 0.123. The van der Waals surface area contributed by atoms with Gasteiger partial charge < -0.3 is 15.0 Å². The Labute approximate surface area is 147 Å². The summed E-state index contributed by atoms with van der Waals surface area (Å²) in [4.78, 5) is 14.3. The molecule has 1 amide bonds. The maximum atomic E-state index is 12.5. The van der Waals surface area contributed by atoms with E-state index in [0.29, 0.717) is 18.0 Å². The highest BCUT2D eigenvalue weighted by molar-refractivity contribution is 5.69. The van der Waals surface area contributed by atoms with E-state index in [1.165, 1.54) is 0 Å². The number of nitrogen functional groups attached to an aromatic ring is 1. The van der Waals surface area contributed by atoms with Gasteiger partial charge in [0.05, 0.1) is 6.04 Å². The number of piperidine rings is 1. The summed E-state index contributed by atoms with van der Waals surface area (Å²) in [7, 11) is 0. The lowest BCUT2D eigenvalue weighted by Gasteiger charge is -2.35. The van der Waals surface area contributed by atoms with Gasteiger partial charge in [0.25, 0.3) is 0 Å². The summed E-state index contributed by atoms with van der Waals surface area (Å²) in [6.45, 7) is 6.29. The van der Waals surface area contributed by atoms with Gasteiger partial charge in [0, 0.05) is 23.9 Å². The summed E-state index contributed by atoms with van der Waals surface area (Å²) in [5, 5.41) is 4.21. The van der Waals surface area contributed by atoms with E-state index in [1.807, 2.05) is 51.1 Å². The maximum absolute atomic E-state index is 12.5. The van der Waals surface area contributed by atoms with E-state index in [1.54, 1.807) is 4.90 Å². The third-order valence-corrected chi connectivity index (χ3v) is 4.17. The molecule has 1 aliphatic rings. The van der Waals surface area contributed by atoms with E-state index < -0.39 is 5.60 Å². The molecule has 1 aromatic carbocycles. The quantitative estimate of drug-likeness (QED) is 0.818. The molecule has 1 aliphatic heterocycles. The number of benzene rings is 1. The average molecular weight is 343 g/mol. The van der Waals surface area contributed by atoms with E-state index in [0.717, 1.165) is 30.5 Å². The van der Waals surface area contributed by atoms with Crippen LogP contribution in [0.2, 0.25) is 0 Å². The molecule has 6 heteroatoms. The van der Waals surface area contributed by atoms with Crippen molar-refractivity contribution in [2.24, 2.45) is 0 Å². The second-order valence-corrected chi connectivity index (χ2v) is 7.43. The molecule has 0 aliphatic carbocycles. The number of carbonyl (C=O) groups excluding carboxylic acids is 1. The summed E-state index contributed by atoms with van der Waals surface area (Å²) >= 11 is 0. The molecule has 1 atom stereocenters. The fraction of sp³-hybridized carbons (Fsp3) is 0.474. The van der Waals surface area contributed by atoms with Crippen LogP contribution in [0.3, 0.4) is 0 Å². The Morgan fingerprint density at radius 2 is 2.12 bits per heavy atom. The van der Waals surface area contributed by atoms with Crippen LogP contribution in [0.25, 0.3) is 11.3 Å². The highest BCUT2D eigenvalue weighted by atomic mass is 16.6. The van der Waals surface area contributed by atoms with Gasteiger partial charge in [-0.15, -0.1) is 0 Å². The van der Waals surface area contributed by atoms with Crippen LogP contribution in [0.5, 0.6) is 0 Å². The Hall–Kier alpha value is -2.50. The van der Waals surface area contributed by atoms with Gasteiger partial charge in [0.15, 0.2) is 5.76 Å². The lowest BCUT2D eigenvalue weighted by molar-refractivity contribution is 0.00869. The number of nitrogens with two attached hydrogens (primary N) is 1. The molecule has 6 nitrogen and oxygen atoms in total. The Bertz CT molecular complexity index is 748. The van der Waals surface area contributed by atoms with Gasteiger partial charge in [-0.2, -0.15) is 0 Å². The second-order valence-electron chi connectivity index (χ2n) is 7.43. The van der Waals surface area contributed by atoms with Crippen molar-refractivity contribution in [2.75, 3.05) is 12.3 Å². The highest BCUT2D eigenvalue weighted by Gasteiger charge is 2.33. The highest BCUT2D eigenvalue weighted by Crippen LogP contribution is 2.34. The van der Waals surface area contributed by atoms with Crippen molar-refractivity contribution in [3.05, 3.63) is 36.0 Å². The van der Waals surface area contributed by atoms with Crippen molar-refractivity contribution < 1.29 is 14.1 Å². The van der Waals surface area contributed by atoms with Crippen molar-refractivity contribution in [3.63, 3.8) is 0 Å². The summed E-state index contributed by atoms with van der Waals surface area (Å²) in [6.07, 6.45) is 2.56. The molecule has 2 heterocycles. The number of rotatable bonds is 2. The van der Waals surface area contributed by atoms with Crippen molar-refractivity contribution in [2.45, 2.75) is 51.7 Å². The number of carbonyl (C=O) groups is 1. The summed E-state index contributed by atoms with van der Waals surface area (Å²) in [6, 6.07) is 9.24. The SMILES string of the molecule is CC(C)(C)OC(=O)N1CCCCC1c1cc(-c2cccc(N)c2)on1. The van der Waals surface area contributed by atoms with E-state index in [-0.39, 0.29) is 12.1 Å². The molecule has 0 bridgehead atoms. The molecule has 1 aromatic heterocycles. The lowest BCUT2D eigenvalue weighted by Crippen LogP contribution is -2.42. The van der Waals surface area contributed by atoms with E-state index in [9.17, 15) is 4.79 Å². The molecule has 3 rings (SSSR count). The van der Waals surface area contributed by atoms with Crippen LogP contribution in [0, 0.1) is 0 Å². The molecule has 25 heavy (non-hydrogen) atoms. The molecular weight excluding hydrogens is 318 g/mol. The van der Waals surface area contributed by atoms with Crippen molar-refractivity contribution >= 4 is 11.8 Å². The minimum Gasteiger partial charge on any atom is -0.444 e. The number of likely N-dealkylation sites (tertiary alicyclic amines) is 1. The first kappa shape index (κ1) is 17.3. The predicted molar refractivity (Wildman–Crippen MR) is 95.9 cm³/mol. The fourth-order valence-electron chi connectivity index (χ4n) is 3.05. The van der Waals surface area contributed by atoms with Crippen LogP contribution in [0.4, 0.5) is 10.5 Å². The second kappa shape index (κ2) is 6.78. The van der Waals surface area contributed by atoms with Crippen molar-refractivity contribution in [1.82, 2.24) is 10.1 Å². The number of hydrogen-bond donors (Lipinski definition) is 1. The molecule has 0 saturated carbocycles. The van der Waals surface area contributed by atoms with Gasteiger partial charge in [-0.3, -0.25) is 4.90 Å². The standard InChI is InChI=1S/C19H25N3O3/c1-19(2,3)24-18(23)22-10-5-4-9-16(22)15-12-17(25-21-15)13-7-6-8-14(20)11-13/h6-8,11-12,16H,4-5,9-10,20H2,1-3H3. The summed E-state index contributed by atoms with van der Waals surface area (Å²) in [5.74, 6) is 0.650. The van der Waals surface area contributed by atoms with Crippen LogP contribution < -0.4 is 5.73 Å². The zero-order valence-electron chi connectivity index (χ0n) is 15.0. The summed E-state index contributed by atoms with van der Waals surface area (Å²) in [5.41, 5.74) is 7.61. The minimum atomic E-state index is -0.518. The largest absolute Gasteiger partial charge is 0.444 e. The van der Waals surface area contributed by atoms with Crippen LogP contribution in [-0.4, -0.2) is 28.3 Å². The van der Waals surface area contributed by atoms with Crippen molar-refractivity contribution in [1.29, 1.82) is 0 Å². The molecule has 0 radical (unpaired) electrons. The third kappa shape index (κ3) is 4.13. The molecule has 134 valence electrons. The number of nitrogens with zero attached hydrogens (tertiary/aromatic N) is 2. The Balaban J connectivity index is 1.82. The number of amides is 1. The molecule has 2 N–H and O–H groups in total. The van der Waals surface area contributed by atoms with E-state index >= 15 is 0 Å². The molecule has 0 spiro atoms. The zero-order chi connectivity index (χ0) is 18.0. The lowest BCUT2D eigenvalue weighted by atomic mass is 9.99. The van der Waals surface area contributed by atoms with Gasteiger partial charge in [-0.05, 0) is 52.2 Å². The van der Waals surface area contributed by atoms with Crippen LogP contribution in [0.15, 0.2) is 34.9 Å². The van der Waals surface area contributed by atoms with Crippen LogP contribution in [0.1, 0.15) is 51.8 Å². The Kier molecular flexibility index (Phi) is 4.70. The normalized spacial score (nSPS) is 18.2. The molecule has 1 unspecified atom stereocenters. The van der Waals surface area contributed by atoms with Gasteiger partial charge in [0.1, 0.15) is 11.3 Å². The summed E-state index contributed by atoms with van der Waals surface area (Å²) < 4.78 is 11.1. The first-order valence-electron chi connectivity index (χ1n) is 8.66. The molecule has 2 aromatic rings. The van der Waals surface area contributed by atoms with Gasteiger partial charge in [0.2, 0.25) is 0 Å². The molecule has 1 fully saturated rings. The van der Waals surface area contributed by atoms with Gasteiger partial charge >= 0.3 is 6.09 Å².